The van der Waals surface area contributed by atoms with Gasteiger partial charge in [-0.05, 0) is 73.2 Å². The Bertz CT molecular complexity index is 1610. The van der Waals surface area contributed by atoms with Crippen LogP contribution >= 0.6 is 10.8 Å². The van der Waals surface area contributed by atoms with E-state index in [4.69, 9.17) is 15.2 Å². The number of carbonyl (C=O) groups excluding carboxylic acids is 1. The van der Waals surface area contributed by atoms with Gasteiger partial charge in [0, 0.05) is 19.5 Å². The number of hydrogen-bond acceptors (Lipinski definition) is 9. The molecule has 0 amide bonds. The Morgan fingerprint density at radius 3 is 2.67 bits per heavy atom. The molecule has 3 aromatic carbocycles. The highest BCUT2D eigenvalue weighted by atomic mass is 32.3. The summed E-state index contributed by atoms with van der Waals surface area (Å²) in [6.07, 6.45) is 0.495. The topological polar surface area (TPSA) is 136 Å². The van der Waals surface area contributed by atoms with E-state index in [1.54, 1.807) is 34.1 Å². The number of fused-ring (bicyclic) bond motifs is 2. The van der Waals surface area contributed by atoms with Crippen LogP contribution in [0.3, 0.4) is 0 Å². The van der Waals surface area contributed by atoms with Gasteiger partial charge >= 0.3 is 5.97 Å². The lowest BCUT2D eigenvalue weighted by Crippen LogP contribution is -2.39. The number of benzene rings is 3. The van der Waals surface area contributed by atoms with Crippen LogP contribution in [0.15, 0.2) is 59.5 Å². The Kier molecular flexibility index (Phi) is 8.58. The minimum absolute atomic E-state index is 0.213. The average molecular weight is 594 g/mol. The maximum Gasteiger partial charge on any atom is 0.323 e. The van der Waals surface area contributed by atoms with Crippen molar-refractivity contribution >= 4 is 27.8 Å². The summed E-state index contributed by atoms with van der Waals surface area (Å²) < 4.78 is 38.0. The molecule has 3 atom stereocenters. The molecule has 1 aliphatic rings. The highest BCUT2D eigenvalue weighted by Crippen LogP contribution is 2.57. The molecule has 5 rings (SSSR count). The fourth-order valence-electron chi connectivity index (χ4n) is 5.61. The first-order valence-electron chi connectivity index (χ1n) is 14.2. The van der Waals surface area contributed by atoms with Gasteiger partial charge in [-0.1, -0.05) is 48.5 Å². The second-order valence-electron chi connectivity index (χ2n) is 10.7. The number of carbonyl (C=O) groups is 1. The molecule has 0 spiro atoms. The van der Waals surface area contributed by atoms with E-state index >= 15 is 0 Å². The molecule has 224 valence electrons. The minimum atomic E-state index is -3.34. The Labute approximate surface area is 247 Å². The highest BCUT2D eigenvalue weighted by Gasteiger charge is 2.36. The maximum absolute atomic E-state index is 13.0. The van der Waals surface area contributed by atoms with E-state index in [1.165, 1.54) is 0 Å². The fraction of sp³-hybridized carbons (Fsp3) is 0.387. The van der Waals surface area contributed by atoms with Crippen LogP contribution in [0.25, 0.3) is 11.0 Å². The van der Waals surface area contributed by atoms with Gasteiger partial charge in [0.1, 0.15) is 28.3 Å². The van der Waals surface area contributed by atoms with Crippen LogP contribution in [0.1, 0.15) is 54.0 Å². The van der Waals surface area contributed by atoms with Crippen molar-refractivity contribution < 1.29 is 23.4 Å². The van der Waals surface area contributed by atoms with E-state index < -0.39 is 28.7 Å². The van der Waals surface area contributed by atoms with Crippen molar-refractivity contribution in [3.63, 3.8) is 0 Å². The molecule has 10 nitrogen and oxygen atoms in total. The van der Waals surface area contributed by atoms with Crippen LogP contribution in [0, 0.1) is 13.8 Å². The third kappa shape index (κ3) is 5.50. The lowest BCUT2D eigenvalue weighted by Gasteiger charge is -2.42. The summed E-state index contributed by atoms with van der Waals surface area (Å²) in [4.78, 5) is 13.4. The van der Waals surface area contributed by atoms with Gasteiger partial charge in [-0.3, -0.25) is 13.9 Å². The lowest BCUT2D eigenvalue weighted by atomic mass is 9.82. The molecule has 0 fully saturated rings. The number of nitrogens with two attached hydrogens (primary N) is 1. The summed E-state index contributed by atoms with van der Waals surface area (Å²) in [5.41, 5.74) is 12.7. The largest absolute Gasteiger partial charge is 0.487 e. The van der Waals surface area contributed by atoms with Crippen molar-refractivity contribution in [3.05, 3.63) is 82.4 Å². The molecule has 0 radical (unpaired) electrons. The number of ether oxygens (including phenoxy) is 2. The third-order valence-electron chi connectivity index (χ3n) is 8.07. The zero-order chi connectivity index (χ0) is 30.2. The van der Waals surface area contributed by atoms with Gasteiger partial charge in [0.2, 0.25) is 0 Å². The van der Waals surface area contributed by atoms with Gasteiger partial charge in [0.15, 0.2) is 0 Å². The maximum atomic E-state index is 13.0. The molecule has 11 heteroatoms. The summed E-state index contributed by atoms with van der Waals surface area (Å²) >= 11 is 0. The molecule has 0 saturated carbocycles. The van der Waals surface area contributed by atoms with Crippen molar-refractivity contribution in [2.24, 2.45) is 12.8 Å². The van der Waals surface area contributed by atoms with Gasteiger partial charge in [-0.2, -0.15) is 4.31 Å². The predicted molar refractivity (Wildman–Crippen MR) is 164 cm³/mol. The van der Waals surface area contributed by atoms with Crippen LogP contribution in [0.5, 0.6) is 5.75 Å². The van der Waals surface area contributed by atoms with Gasteiger partial charge in [-0.25, -0.2) is 4.68 Å². The van der Waals surface area contributed by atoms with Crippen LogP contribution in [-0.4, -0.2) is 59.7 Å². The van der Waals surface area contributed by atoms with Gasteiger partial charge < -0.3 is 15.2 Å². The Morgan fingerprint density at radius 1 is 1.17 bits per heavy atom. The summed E-state index contributed by atoms with van der Waals surface area (Å²) in [7, 11) is -1.50. The number of rotatable bonds is 8. The van der Waals surface area contributed by atoms with E-state index in [2.05, 4.69) is 10.3 Å². The van der Waals surface area contributed by atoms with Crippen LogP contribution in [0.2, 0.25) is 0 Å². The molecule has 0 saturated heterocycles. The van der Waals surface area contributed by atoms with E-state index in [9.17, 15) is 13.9 Å². The Hall–Kier alpha value is -3.48. The first-order valence-corrected chi connectivity index (χ1v) is 15.7. The zero-order valence-electron chi connectivity index (χ0n) is 24.7. The van der Waals surface area contributed by atoms with Gasteiger partial charge in [-0.15, -0.1) is 15.9 Å². The van der Waals surface area contributed by atoms with Crippen molar-refractivity contribution in [2.45, 2.75) is 63.6 Å². The standard InChI is InChI=1S/C31H39N5O5S/c1-6-23-18-36(42(38,39)27-11-9-8-10-26(27)41-23)17-22-16-21(13-12-19(22)3)28(29(32)31(37)40-7-2)24-14-15-25-30(20(24)4)33-34-35(25)5/h8-16,23,28-29,38-39H,6-7,17-18,32H2,1-5H3. The Balaban J connectivity index is 1.58. The summed E-state index contributed by atoms with van der Waals surface area (Å²) in [6.45, 7) is 8.54. The van der Waals surface area contributed by atoms with Crippen molar-refractivity contribution in [1.82, 2.24) is 19.3 Å². The quantitative estimate of drug-likeness (QED) is 0.232. The second kappa shape index (κ2) is 12.0. The Morgan fingerprint density at radius 2 is 1.93 bits per heavy atom. The van der Waals surface area contributed by atoms with E-state index in [-0.39, 0.29) is 19.3 Å². The monoisotopic (exact) mass is 593 g/mol. The fourth-order valence-corrected chi connectivity index (χ4v) is 7.23. The van der Waals surface area contributed by atoms with Crippen molar-refractivity contribution in [2.75, 3.05) is 13.2 Å². The minimum Gasteiger partial charge on any atom is -0.487 e. The number of nitrogens with zero attached hydrogens (tertiary/aromatic N) is 4. The number of esters is 1. The van der Waals surface area contributed by atoms with Crippen molar-refractivity contribution in [1.29, 1.82) is 0 Å². The van der Waals surface area contributed by atoms with Gasteiger partial charge in [0.05, 0.1) is 18.7 Å². The van der Waals surface area contributed by atoms with Crippen LogP contribution in [0.4, 0.5) is 0 Å². The molecule has 2 heterocycles. The third-order valence-corrected chi connectivity index (χ3v) is 10.00. The molecule has 1 aliphatic heterocycles. The van der Waals surface area contributed by atoms with Crippen LogP contribution in [-0.2, 0) is 23.1 Å². The van der Waals surface area contributed by atoms with Gasteiger partial charge in [0.25, 0.3) is 0 Å². The smallest absolute Gasteiger partial charge is 0.323 e. The number of hydrogen-bond donors (Lipinski definition) is 3. The van der Waals surface area contributed by atoms with E-state index in [1.807, 2.05) is 64.2 Å². The molecule has 1 aromatic heterocycles. The molecular formula is C31H39N5O5S. The summed E-state index contributed by atoms with van der Waals surface area (Å²) in [6, 6.07) is 16.0. The molecule has 4 aromatic rings. The highest BCUT2D eigenvalue weighted by molar-refractivity contribution is 8.22. The lowest BCUT2D eigenvalue weighted by molar-refractivity contribution is -0.145. The van der Waals surface area contributed by atoms with E-state index in [0.29, 0.717) is 23.6 Å². The molecule has 0 aliphatic carbocycles. The number of para-hydroxylation sites is 1. The van der Waals surface area contributed by atoms with Crippen LogP contribution < -0.4 is 10.5 Å². The first kappa shape index (κ1) is 30.0. The second-order valence-corrected chi connectivity index (χ2v) is 12.7. The van der Waals surface area contributed by atoms with E-state index in [0.717, 1.165) is 38.9 Å². The zero-order valence-corrected chi connectivity index (χ0v) is 25.5. The summed E-state index contributed by atoms with van der Waals surface area (Å²) in [5.74, 6) is -0.538. The average Bonchev–Trinajstić information content (AvgIpc) is 3.31. The SMILES string of the molecule is CCOC(=O)C(N)C(c1ccc(C)c(CN2CC(CC)Oc3ccccc3S2(O)O)c1)c1ccc2c(nnn2C)c1C. The molecule has 42 heavy (non-hydrogen) atoms. The molecule has 0 bridgehead atoms. The summed E-state index contributed by atoms with van der Waals surface area (Å²) in [5, 5.41) is 8.51. The predicted octanol–water partition coefficient (Wildman–Crippen LogP) is 5.31. The number of aromatic nitrogens is 3. The molecule has 3 unspecified atom stereocenters. The number of aryl methyl sites for hydroxylation is 3. The van der Waals surface area contributed by atoms with Crippen molar-refractivity contribution in [3.8, 4) is 5.75 Å². The molecular weight excluding hydrogens is 554 g/mol. The molecule has 4 N–H and O–H groups in total. The first-order chi connectivity index (χ1) is 20.1. The normalized spacial score (nSPS) is 18.9.